The Morgan fingerprint density at radius 2 is 1.56 bits per heavy atom. The standard InChI is InChI=1S/C24H25BrN4O5/c1-29(23-14-19(28-34-23)16-4-6-17(25)7-5-16)24-18-12-21(32-10-8-30-2)22(33-11-9-31-3)13-20(18)26-15-27-24/h4-7,12-15H,8-11H2,1-3H3. The number of fused-ring (bicyclic) bond motifs is 1. The van der Waals surface area contributed by atoms with Gasteiger partial charge in [-0.25, -0.2) is 9.97 Å². The monoisotopic (exact) mass is 528 g/mol. The predicted octanol–water partition coefficient (Wildman–Crippen LogP) is 4.87. The summed E-state index contributed by atoms with van der Waals surface area (Å²) in [5.41, 5.74) is 2.38. The van der Waals surface area contributed by atoms with E-state index in [0.29, 0.717) is 55.1 Å². The van der Waals surface area contributed by atoms with E-state index in [1.165, 1.54) is 6.33 Å². The summed E-state index contributed by atoms with van der Waals surface area (Å²) < 4.78 is 28.6. The van der Waals surface area contributed by atoms with Crippen LogP contribution in [0.3, 0.4) is 0 Å². The Bertz CT molecular complexity index is 1230. The third kappa shape index (κ3) is 5.46. The van der Waals surface area contributed by atoms with Crippen molar-refractivity contribution in [3.8, 4) is 22.8 Å². The lowest BCUT2D eigenvalue weighted by Gasteiger charge is -2.18. The minimum Gasteiger partial charge on any atom is -0.487 e. The molecule has 34 heavy (non-hydrogen) atoms. The maximum absolute atomic E-state index is 5.92. The maximum atomic E-state index is 5.92. The van der Waals surface area contributed by atoms with Gasteiger partial charge in [0.15, 0.2) is 11.5 Å². The summed E-state index contributed by atoms with van der Waals surface area (Å²) in [4.78, 5) is 10.7. The zero-order valence-corrected chi connectivity index (χ0v) is 20.7. The van der Waals surface area contributed by atoms with Gasteiger partial charge in [0, 0.05) is 48.8 Å². The first-order chi connectivity index (χ1) is 16.6. The highest BCUT2D eigenvalue weighted by atomic mass is 79.9. The third-order valence-corrected chi connectivity index (χ3v) is 5.58. The number of nitrogens with zero attached hydrogens (tertiary/aromatic N) is 4. The SMILES string of the molecule is COCCOc1cc2ncnc(N(C)c3cc(-c4ccc(Br)cc4)no3)c2cc1OCCOC. The topological polar surface area (TPSA) is 92.0 Å². The molecule has 2 aromatic carbocycles. The molecular formula is C24H25BrN4O5. The molecule has 2 heterocycles. The summed E-state index contributed by atoms with van der Waals surface area (Å²) >= 11 is 3.45. The first kappa shape index (κ1) is 23.9. The van der Waals surface area contributed by atoms with E-state index in [-0.39, 0.29) is 0 Å². The van der Waals surface area contributed by atoms with E-state index in [1.807, 2.05) is 54.4 Å². The van der Waals surface area contributed by atoms with Crippen molar-refractivity contribution in [2.24, 2.45) is 0 Å². The van der Waals surface area contributed by atoms with E-state index < -0.39 is 0 Å². The number of halogens is 1. The number of ether oxygens (including phenoxy) is 4. The van der Waals surface area contributed by atoms with Crippen LogP contribution >= 0.6 is 15.9 Å². The third-order valence-electron chi connectivity index (χ3n) is 5.06. The first-order valence-corrected chi connectivity index (χ1v) is 11.4. The summed E-state index contributed by atoms with van der Waals surface area (Å²) in [7, 11) is 5.11. The van der Waals surface area contributed by atoms with Crippen LogP contribution in [0.1, 0.15) is 0 Å². The van der Waals surface area contributed by atoms with Crippen LogP contribution in [0.5, 0.6) is 11.5 Å². The number of anilines is 2. The lowest BCUT2D eigenvalue weighted by atomic mass is 10.1. The highest BCUT2D eigenvalue weighted by Gasteiger charge is 2.18. The van der Waals surface area contributed by atoms with Crippen molar-refractivity contribution >= 4 is 38.5 Å². The highest BCUT2D eigenvalue weighted by molar-refractivity contribution is 9.10. The van der Waals surface area contributed by atoms with Crippen molar-refractivity contribution in [1.29, 1.82) is 0 Å². The largest absolute Gasteiger partial charge is 0.487 e. The molecule has 0 radical (unpaired) electrons. The van der Waals surface area contributed by atoms with Crippen LogP contribution in [0.4, 0.5) is 11.7 Å². The number of hydrogen-bond donors (Lipinski definition) is 0. The van der Waals surface area contributed by atoms with Gasteiger partial charge in [0.05, 0.1) is 18.7 Å². The van der Waals surface area contributed by atoms with Crippen LogP contribution in [0.25, 0.3) is 22.2 Å². The average molecular weight is 529 g/mol. The van der Waals surface area contributed by atoms with Crippen LogP contribution in [-0.2, 0) is 9.47 Å². The molecule has 0 amide bonds. The summed E-state index contributed by atoms with van der Waals surface area (Å²) in [6.45, 7) is 1.67. The van der Waals surface area contributed by atoms with E-state index in [4.69, 9.17) is 23.5 Å². The van der Waals surface area contributed by atoms with Gasteiger partial charge in [-0.2, -0.15) is 0 Å². The van der Waals surface area contributed by atoms with E-state index in [2.05, 4.69) is 31.1 Å². The number of benzene rings is 2. The van der Waals surface area contributed by atoms with E-state index in [0.717, 1.165) is 21.1 Å². The molecule has 178 valence electrons. The second-order valence-corrected chi connectivity index (χ2v) is 8.23. The van der Waals surface area contributed by atoms with Gasteiger partial charge in [0.1, 0.15) is 31.1 Å². The summed E-state index contributed by atoms with van der Waals surface area (Å²) in [5, 5.41) is 5.00. The minimum atomic E-state index is 0.375. The van der Waals surface area contributed by atoms with E-state index >= 15 is 0 Å². The molecule has 4 aromatic rings. The van der Waals surface area contributed by atoms with Gasteiger partial charge in [0.25, 0.3) is 0 Å². The maximum Gasteiger partial charge on any atom is 0.233 e. The van der Waals surface area contributed by atoms with E-state index in [9.17, 15) is 0 Å². The Balaban J connectivity index is 1.67. The van der Waals surface area contributed by atoms with E-state index in [1.54, 1.807) is 14.2 Å². The quantitative estimate of drug-likeness (QED) is 0.253. The molecule has 0 bridgehead atoms. The Morgan fingerprint density at radius 1 is 0.882 bits per heavy atom. The van der Waals surface area contributed by atoms with Crippen molar-refractivity contribution < 1.29 is 23.5 Å². The highest BCUT2D eigenvalue weighted by Crippen LogP contribution is 2.37. The lowest BCUT2D eigenvalue weighted by Crippen LogP contribution is -2.12. The van der Waals surface area contributed by atoms with Crippen molar-refractivity contribution in [3.05, 3.63) is 53.3 Å². The predicted molar refractivity (Wildman–Crippen MR) is 132 cm³/mol. The fraction of sp³-hybridized carbons (Fsp3) is 0.292. The van der Waals surface area contributed by atoms with Gasteiger partial charge in [0.2, 0.25) is 5.88 Å². The smallest absolute Gasteiger partial charge is 0.233 e. The summed E-state index contributed by atoms with van der Waals surface area (Å²) in [6, 6.07) is 13.4. The summed E-state index contributed by atoms with van der Waals surface area (Å²) in [5.74, 6) is 2.33. The molecule has 4 rings (SSSR count). The van der Waals surface area contributed by atoms with Gasteiger partial charge in [-0.05, 0) is 18.2 Å². The van der Waals surface area contributed by atoms with Crippen molar-refractivity contribution in [2.45, 2.75) is 0 Å². The fourth-order valence-electron chi connectivity index (χ4n) is 3.30. The van der Waals surface area contributed by atoms with Gasteiger partial charge < -0.3 is 23.5 Å². The second-order valence-electron chi connectivity index (χ2n) is 7.31. The Kier molecular flexibility index (Phi) is 7.94. The van der Waals surface area contributed by atoms with Crippen molar-refractivity contribution in [1.82, 2.24) is 15.1 Å². The molecule has 0 atom stereocenters. The van der Waals surface area contributed by atoms with Crippen LogP contribution < -0.4 is 14.4 Å². The molecule has 0 saturated carbocycles. The summed E-state index contributed by atoms with van der Waals surface area (Å²) in [6.07, 6.45) is 1.50. The molecule has 0 spiro atoms. The molecule has 0 N–H and O–H groups in total. The number of rotatable bonds is 11. The zero-order chi connectivity index (χ0) is 23.9. The molecule has 0 saturated heterocycles. The van der Waals surface area contributed by atoms with Crippen LogP contribution in [0.15, 0.2) is 57.8 Å². The van der Waals surface area contributed by atoms with Gasteiger partial charge in [-0.1, -0.05) is 33.2 Å². The molecule has 10 heteroatoms. The molecule has 9 nitrogen and oxygen atoms in total. The number of aromatic nitrogens is 3. The van der Waals surface area contributed by atoms with Gasteiger partial charge in [-0.3, -0.25) is 4.90 Å². The van der Waals surface area contributed by atoms with Crippen LogP contribution in [0, 0.1) is 0 Å². The first-order valence-electron chi connectivity index (χ1n) is 10.6. The molecule has 0 aliphatic rings. The molecule has 0 aliphatic heterocycles. The average Bonchev–Trinajstić information content (AvgIpc) is 3.34. The molecule has 0 unspecified atom stereocenters. The van der Waals surface area contributed by atoms with Crippen LogP contribution in [-0.4, -0.2) is 62.8 Å². The van der Waals surface area contributed by atoms with Gasteiger partial charge >= 0.3 is 0 Å². The molecule has 2 aromatic heterocycles. The number of hydrogen-bond acceptors (Lipinski definition) is 9. The Morgan fingerprint density at radius 3 is 2.24 bits per heavy atom. The second kappa shape index (κ2) is 11.3. The Labute approximate surface area is 205 Å². The lowest BCUT2D eigenvalue weighted by molar-refractivity contribution is 0.132. The molecule has 0 aliphatic carbocycles. The Hall–Kier alpha value is -3.21. The van der Waals surface area contributed by atoms with Crippen LogP contribution in [0.2, 0.25) is 0 Å². The molecular weight excluding hydrogens is 504 g/mol. The van der Waals surface area contributed by atoms with Crippen molar-refractivity contribution in [3.63, 3.8) is 0 Å². The number of methoxy groups -OCH3 is 2. The normalized spacial score (nSPS) is 11.1. The van der Waals surface area contributed by atoms with Crippen molar-refractivity contribution in [2.75, 3.05) is 52.6 Å². The molecule has 0 fully saturated rings. The minimum absolute atomic E-state index is 0.375. The zero-order valence-electron chi connectivity index (χ0n) is 19.2. The fourth-order valence-corrected chi connectivity index (χ4v) is 3.56. The van der Waals surface area contributed by atoms with Gasteiger partial charge in [-0.15, -0.1) is 0 Å².